The van der Waals surface area contributed by atoms with Gasteiger partial charge in [-0.1, -0.05) is 6.92 Å². The summed E-state index contributed by atoms with van der Waals surface area (Å²) >= 11 is 0. The maximum Gasteiger partial charge on any atom is 0.279 e. The zero-order valence-electron chi connectivity index (χ0n) is 8.94. The van der Waals surface area contributed by atoms with Crippen molar-refractivity contribution in [3.05, 3.63) is 0 Å². The molecule has 1 N–H and O–H groups in total. The van der Waals surface area contributed by atoms with Crippen LogP contribution in [0.15, 0.2) is 0 Å². The topological polar surface area (TPSA) is 73.2 Å². The summed E-state index contributed by atoms with van der Waals surface area (Å²) in [6.45, 7) is 2.68. The van der Waals surface area contributed by atoms with Crippen LogP contribution in [0.1, 0.15) is 32.6 Å². The zero-order chi connectivity index (χ0) is 11.3. The van der Waals surface area contributed by atoms with Crippen LogP contribution >= 0.6 is 0 Å². The highest BCUT2D eigenvalue weighted by Gasteiger charge is 2.36. The summed E-state index contributed by atoms with van der Waals surface area (Å²) in [6.07, 6.45) is 2.86. The number of hydrogen-bond donors (Lipinski definition) is 1. The number of nitriles is 1. The largest absolute Gasteiger partial charge is 0.279 e. The average molecular weight is 231 g/mol. The molecule has 1 saturated carbocycles. The van der Waals surface area contributed by atoms with E-state index in [4.69, 9.17) is 5.26 Å². The van der Waals surface area contributed by atoms with Gasteiger partial charge in [-0.15, -0.1) is 0 Å². The van der Waals surface area contributed by atoms with Crippen molar-refractivity contribution in [1.82, 2.24) is 9.03 Å². The molecular weight excluding hydrogens is 214 g/mol. The van der Waals surface area contributed by atoms with Crippen LogP contribution in [0.2, 0.25) is 0 Å². The molecule has 0 radical (unpaired) electrons. The quantitative estimate of drug-likeness (QED) is 0.697. The van der Waals surface area contributed by atoms with Crippen LogP contribution in [0.25, 0.3) is 0 Å². The van der Waals surface area contributed by atoms with Gasteiger partial charge in [0.05, 0.1) is 6.07 Å². The molecule has 0 amide bonds. The molecule has 1 aliphatic carbocycles. The van der Waals surface area contributed by atoms with Crippen LogP contribution in [-0.2, 0) is 10.2 Å². The van der Waals surface area contributed by atoms with Gasteiger partial charge in [-0.3, -0.25) is 0 Å². The van der Waals surface area contributed by atoms with Gasteiger partial charge in [-0.25, -0.2) is 4.72 Å². The third-order valence-electron chi connectivity index (χ3n) is 2.24. The maximum atomic E-state index is 11.8. The number of hydrogen-bond acceptors (Lipinski definition) is 3. The van der Waals surface area contributed by atoms with Crippen molar-refractivity contribution < 1.29 is 8.42 Å². The molecule has 0 bridgehead atoms. The summed E-state index contributed by atoms with van der Waals surface area (Å²) in [7, 11) is -3.36. The SMILES string of the molecule is CCCNS(=O)(=O)N(CCC#N)C1CC1. The molecule has 15 heavy (non-hydrogen) atoms. The van der Waals surface area contributed by atoms with E-state index in [1.165, 1.54) is 4.31 Å². The second kappa shape index (κ2) is 5.45. The fourth-order valence-corrected chi connectivity index (χ4v) is 2.90. The summed E-state index contributed by atoms with van der Waals surface area (Å²) < 4.78 is 27.5. The van der Waals surface area contributed by atoms with Crippen molar-refractivity contribution >= 4 is 10.2 Å². The molecule has 0 aromatic rings. The molecule has 1 fully saturated rings. The molecule has 5 nitrogen and oxygen atoms in total. The lowest BCUT2D eigenvalue weighted by atomic mass is 10.4. The summed E-state index contributed by atoms with van der Waals surface area (Å²) in [4.78, 5) is 0. The Bertz CT molecular complexity index is 330. The Balaban J connectivity index is 2.57. The monoisotopic (exact) mass is 231 g/mol. The van der Waals surface area contributed by atoms with Crippen LogP contribution in [-0.4, -0.2) is 31.9 Å². The van der Waals surface area contributed by atoms with Crippen LogP contribution < -0.4 is 4.72 Å². The van der Waals surface area contributed by atoms with E-state index in [1.807, 2.05) is 13.0 Å². The second-order valence-corrected chi connectivity index (χ2v) is 5.36. The fourth-order valence-electron chi connectivity index (χ4n) is 1.34. The highest BCUT2D eigenvalue weighted by Crippen LogP contribution is 2.28. The van der Waals surface area contributed by atoms with E-state index < -0.39 is 10.2 Å². The highest BCUT2D eigenvalue weighted by molar-refractivity contribution is 7.87. The first-order chi connectivity index (χ1) is 7.11. The lowest BCUT2D eigenvalue weighted by Gasteiger charge is -2.20. The third-order valence-corrected chi connectivity index (χ3v) is 3.91. The van der Waals surface area contributed by atoms with Gasteiger partial charge < -0.3 is 0 Å². The Labute approximate surface area is 91.3 Å². The molecule has 0 aliphatic heterocycles. The van der Waals surface area contributed by atoms with Gasteiger partial charge >= 0.3 is 0 Å². The van der Waals surface area contributed by atoms with Crippen molar-refractivity contribution in [3.8, 4) is 6.07 Å². The molecule has 6 heteroatoms. The van der Waals surface area contributed by atoms with Gasteiger partial charge in [-0.05, 0) is 19.3 Å². The van der Waals surface area contributed by atoms with Crippen LogP contribution in [0.3, 0.4) is 0 Å². The summed E-state index contributed by atoms with van der Waals surface area (Å²) in [5.41, 5.74) is 0. The average Bonchev–Trinajstić information content (AvgIpc) is 2.99. The van der Waals surface area contributed by atoms with Gasteiger partial charge in [-0.2, -0.15) is 18.0 Å². The Hall–Kier alpha value is -0.640. The highest BCUT2D eigenvalue weighted by atomic mass is 32.2. The van der Waals surface area contributed by atoms with Crippen molar-refractivity contribution in [3.63, 3.8) is 0 Å². The summed E-state index contributed by atoms with van der Waals surface area (Å²) in [5, 5.41) is 8.47. The summed E-state index contributed by atoms with van der Waals surface area (Å²) in [6, 6.07) is 2.09. The first-order valence-corrected chi connectivity index (χ1v) is 6.69. The Morgan fingerprint density at radius 1 is 1.53 bits per heavy atom. The van der Waals surface area contributed by atoms with E-state index in [-0.39, 0.29) is 12.5 Å². The molecule has 1 rings (SSSR count). The van der Waals surface area contributed by atoms with E-state index >= 15 is 0 Å². The third kappa shape index (κ3) is 3.78. The van der Waals surface area contributed by atoms with Gasteiger partial charge in [0.1, 0.15) is 0 Å². The molecule has 1 aliphatic rings. The molecule has 0 heterocycles. The van der Waals surface area contributed by atoms with Crippen LogP contribution in [0.4, 0.5) is 0 Å². The van der Waals surface area contributed by atoms with Crippen molar-refractivity contribution in [2.75, 3.05) is 13.1 Å². The smallest absolute Gasteiger partial charge is 0.202 e. The normalized spacial score (nSPS) is 16.6. The number of nitrogens with zero attached hydrogens (tertiary/aromatic N) is 2. The number of rotatable bonds is 7. The van der Waals surface area contributed by atoms with E-state index in [0.29, 0.717) is 13.1 Å². The fraction of sp³-hybridized carbons (Fsp3) is 0.889. The lowest BCUT2D eigenvalue weighted by molar-refractivity contribution is 0.402. The van der Waals surface area contributed by atoms with Crippen molar-refractivity contribution in [2.45, 2.75) is 38.6 Å². The minimum absolute atomic E-state index is 0.118. The Kier molecular flexibility index (Phi) is 4.51. The first-order valence-electron chi connectivity index (χ1n) is 5.25. The van der Waals surface area contributed by atoms with E-state index in [9.17, 15) is 8.42 Å². The molecule has 86 valence electrons. The van der Waals surface area contributed by atoms with E-state index in [1.54, 1.807) is 0 Å². The lowest BCUT2D eigenvalue weighted by Crippen LogP contribution is -2.42. The predicted molar refractivity (Wildman–Crippen MR) is 57.2 cm³/mol. The molecule has 0 saturated heterocycles. The van der Waals surface area contributed by atoms with Gasteiger partial charge in [0.2, 0.25) is 0 Å². The molecule has 0 unspecified atom stereocenters. The second-order valence-electron chi connectivity index (χ2n) is 3.65. The predicted octanol–water partition coefficient (Wildman–Crippen LogP) is 0.609. The van der Waals surface area contributed by atoms with Gasteiger partial charge in [0, 0.05) is 25.6 Å². The van der Waals surface area contributed by atoms with E-state index in [2.05, 4.69) is 4.72 Å². The summed E-state index contributed by atoms with van der Waals surface area (Å²) in [5.74, 6) is 0. The molecule has 0 aromatic carbocycles. The maximum absolute atomic E-state index is 11.8. The molecule has 0 atom stereocenters. The minimum Gasteiger partial charge on any atom is -0.202 e. The number of nitrogens with one attached hydrogen (secondary N) is 1. The Morgan fingerprint density at radius 3 is 2.67 bits per heavy atom. The van der Waals surface area contributed by atoms with E-state index in [0.717, 1.165) is 19.3 Å². The van der Waals surface area contributed by atoms with Crippen LogP contribution in [0.5, 0.6) is 0 Å². The van der Waals surface area contributed by atoms with Gasteiger partial charge in [0.25, 0.3) is 10.2 Å². The van der Waals surface area contributed by atoms with Gasteiger partial charge in [0.15, 0.2) is 0 Å². The molecule has 0 aromatic heterocycles. The van der Waals surface area contributed by atoms with Crippen LogP contribution in [0, 0.1) is 11.3 Å². The minimum atomic E-state index is -3.36. The molecule has 0 spiro atoms. The molecular formula is C9H17N3O2S. The zero-order valence-corrected chi connectivity index (χ0v) is 9.76. The van der Waals surface area contributed by atoms with Crippen molar-refractivity contribution in [2.24, 2.45) is 0 Å². The Morgan fingerprint density at radius 2 is 2.20 bits per heavy atom. The van der Waals surface area contributed by atoms with Crippen molar-refractivity contribution in [1.29, 1.82) is 5.26 Å². The first kappa shape index (κ1) is 12.4. The standard InChI is InChI=1S/C9H17N3O2S/c1-2-7-11-15(13,14)12(8-3-6-10)9-4-5-9/h9,11H,2-5,7-8H2,1H3.